The van der Waals surface area contributed by atoms with E-state index in [4.69, 9.17) is 0 Å². The number of aromatic amines is 1. The van der Waals surface area contributed by atoms with Crippen LogP contribution in [0.25, 0.3) is 10.9 Å². The van der Waals surface area contributed by atoms with E-state index >= 15 is 0 Å². The van der Waals surface area contributed by atoms with E-state index in [1.54, 1.807) is 31.3 Å². The first kappa shape index (κ1) is 23.1. The van der Waals surface area contributed by atoms with Crippen molar-refractivity contribution in [2.75, 3.05) is 20.1 Å². The molecule has 174 valence electrons. The highest BCUT2D eigenvalue weighted by atomic mass is 32.2. The predicted molar refractivity (Wildman–Crippen MR) is 126 cm³/mol. The number of sulfonamides is 1. The smallest absolute Gasteiger partial charge is 0.258 e. The molecule has 1 N–H and O–H groups in total. The molecule has 0 radical (unpaired) electrons. The number of nitrogens with zero attached hydrogens (tertiary/aromatic N) is 3. The van der Waals surface area contributed by atoms with Crippen molar-refractivity contribution in [3.63, 3.8) is 0 Å². The first-order valence-corrected chi connectivity index (χ1v) is 12.4. The number of aromatic nitrogens is 2. The molecule has 0 aliphatic carbocycles. The number of fused-ring (bicyclic) bond motifs is 1. The summed E-state index contributed by atoms with van der Waals surface area (Å²) in [6, 6.07) is 13.0. The molecule has 1 fully saturated rings. The number of piperidine rings is 1. The van der Waals surface area contributed by atoms with Crippen molar-refractivity contribution in [2.24, 2.45) is 11.8 Å². The number of rotatable bonds is 5. The zero-order valence-corrected chi connectivity index (χ0v) is 19.8. The molecule has 1 aliphatic heterocycles. The van der Waals surface area contributed by atoms with E-state index in [9.17, 15) is 18.0 Å². The molecule has 9 heteroatoms. The first-order chi connectivity index (χ1) is 15.6. The normalized spacial score (nSPS) is 19.5. The van der Waals surface area contributed by atoms with Crippen molar-refractivity contribution in [2.45, 2.75) is 31.7 Å². The van der Waals surface area contributed by atoms with Gasteiger partial charge in [-0.1, -0.05) is 26.0 Å². The van der Waals surface area contributed by atoms with Gasteiger partial charge in [-0.2, -0.15) is 4.31 Å². The summed E-state index contributed by atoms with van der Waals surface area (Å²) in [5.41, 5.74) is 0.667. The summed E-state index contributed by atoms with van der Waals surface area (Å²) in [6.07, 6.45) is 1.02. The topological polar surface area (TPSA) is 103 Å². The summed E-state index contributed by atoms with van der Waals surface area (Å²) in [4.78, 5) is 33.9. The Kier molecular flexibility index (Phi) is 6.36. The monoisotopic (exact) mass is 468 g/mol. The van der Waals surface area contributed by atoms with E-state index in [2.05, 4.69) is 23.8 Å². The van der Waals surface area contributed by atoms with Gasteiger partial charge in [-0.15, -0.1) is 0 Å². The van der Waals surface area contributed by atoms with Gasteiger partial charge in [0.1, 0.15) is 5.82 Å². The van der Waals surface area contributed by atoms with Crippen molar-refractivity contribution in [3.05, 3.63) is 70.3 Å². The molecule has 33 heavy (non-hydrogen) atoms. The van der Waals surface area contributed by atoms with Crippen LogP contribution in [0.15, 0.2) is 58.2 Å². The highest BCUT2D eigenvalue weighted by Crippen LogP contribution is 2.27. The lowest BCUT2D eigenvalue weighted by Gasteiger charge is -2.34. The zero-order valence-electron chi connectivity index (χ0n) is 19.0. The fourth-order valence-corrected chi connectivity index (χ4v) is 6.13. The van der Waals surface area contributed by atoms with Crippen LogP contribution < -0.4 is 5.56 Å². The van der Waals surface area contributed by atoms with Gasteiger partial charge in [0.2, 0.25) is 10.0 Å². The number of carbonyl (C=O) groups is 1. The number of amides is 1. The standard InChI is InChI=1S/C24H28N4O4S/c1-16-12-17(2)14-28(13-16)33(31,32)19-10-8-18(9-11-19)24(30)27(3)15-22-25-21-7-5-4-6-20(21)23(29)26-22/h4-11,16-17H,12-15H2,1-3H3,(H,25,26,29)/t16-,17-/m0/s1. The number of nitrogens with one attached hydrogen (secondary N) is 1. The number of hydrogen-bond donors (Lipinski definition) is 1. The Balaban J connectivity index is 1.49. The zero-order chi connectivity index (χ0) is 23.8. The fraction of sp³-hybridized carbons (Fsp3) is 0.375. The van der Waals surface area contributed by atoms with Crippen LogP contribution in [-0.2, 0) is 16.6 Å². The molecule has 1 aliphatic rings. The van der Waals surface area contributed by atoms with Gasteiger partial charge in [-0.3, -0.25) is 9.59 Å². The number of benzene rings is 2. The minimum atomic E-state index is -3.61. The van der Waals surface area contributed by atoms with E-state index in [1.165, 1.54) is 33.5 Å². The van der Waals surface area contributed by atoms with Crippen LogP contribution in [-0.4, -0.2) is 53.6 Å². The van der Waals surface area contributed by atoms with Crippen molar-refractivity contribution in [1.82, 2.24) is 19.2 Å². The fourth-order valence-electron chi connectivity index (χ4n) is 4.45. The molecule has 0 unspecified atom stereocenters. The molecular weight excluding hydrogens is 440 g/mol. The second kappa shape index (κ2) is 9.07. The molecule has 1 aromatic heterocycles. The Hall–Kier alpha value is -3.04. The average Bonchev–Trinajstić information content (AvgIpc) is 2.78. The average molecular weight is 469 g/mol. The number of hydrogen-bond acceptors (Lipinski definition) is 5. The Morgan fingerprint density at radius 3 is 2.39 bits per heavy atom. The van der Waals surface area contributed by atoms with Gasteiger partial charge in [0, 0.05) is 25.7 Å². The molecule has 2 heterocycles. The van der Waals surface area contributed by atoms with Crippen molar-refractivity contribution in [3.8, 4) is 0 Å². The molecule has 8 nitrogen and oxygen atoms in total. The third-order valence-corrected chi connectivity index (χ3v) is 7.82. The van der Waals surface area contributed by atoms with E-state index < -0.39 is 10.0 Å². The van der Waals surface area contributed by atoms with Gasteiger partial charge in [-0.05, 0) is 54.7 Å². The van der Waals surface area contributed by atoms with Gasteiger partial charge in [0.05, 0.1) is 22.3 Å². The van der Waals surface area contributed by atoms with Crippen molar-refractivity contribution < 1.29 is 13.2 Å². The summed E-state index contributed by atoms with van der Waals surface area (Å²) >= 11 is 0. The summed E-state index contributed by atoms with van der Waals surface area (Å²) < 4.78 is 27.7. The highest BCUT2D eigenvalue weighted by Gasteiger charge is 2.31. The second-order valence-corrected chi connectivity index (χ2v) is 10.9. The van der Waals surface area contributed by atoms with Crippen molar-refractivity contribution >= 4 is 26.8 Å². The molecular formula is C24H28N4O4S. The Labute approximate surface area is 193 Å². The molecule has 0 bridgehead atoms. The maximum atomic E-state index is 13.1. The molecule has 4 rings (SSSR count). The Morgan fingerprint density at radius 2 is 1.73 bits per heavy atom. The van der Waals surface area contributed by atoms with Crippen molar-refractivity contribution in [1.29, 1.82) is 0 Å². The molecule has 0 saturated carbocycles. The van der Waals surface area contributed by atoms with E-state index in [-0.39, 0.29) is 22.9 Å². The van der Waals surface area contributed by atoms with Crippen LogP contribution in [0.4, 0.5) is 0 Å². The quantitative estimate of drug-likeness (QED) is 0.620. The van der Waals surface area contributed by atoms with Gasteiger partial charge < -0.3 is 9.88 Å². The molecule has 2 atom stereocenters. The SMILES string of the molecule is C[C@H]1C[C@H](C)CN(S(=O)(=O)c2ccc(C(=O)N(C)Cc3nc4ccccc4c(=O)[nH]3)cc2)C1. The van der Waals surface area contributed by atoms with E-state index in [1.807, 2.05) is 0 Å². The molecule has 3 aromatic rings. The molecule has 0 spiro atoms. The lowest BCUT2D eigenvalue weighted by atomic mass is 9.94. The molecule has 1 saturated heterocycles. The largest absolute Gasteiger partial charge is 0.334 e. The lowest BCUT2D eigenvalue weighted by Crippen LogP contribution is -2.42. The number of para-hydroxylation sites is 1. The lowest BCUT2D eigenvalue weighted by molar-refractivity contribution is 0.0781. The van der Waals surface area contributed by atoms with Gasteiger partial charge >= 0.3 is 0 Å². The van der Waals surface area contributed by atoms with Gasteiger partial charge in [-0.25, -0.2) is 13.4 Å². The first-order valence-electron chi connectivity index (χ1n) is 11.0. The summed E-state index contributed by atoms with van der Waals surface area (Å²) in [6.45, 7) is 5.25. The second-order valence-electron chi connectivity index (χ2n) is 8.98. The van der Waals surface area contributed by atoms with Crippen LogP contribution in [0.3, 0.4) is 0 Å². The summed E-state index contributed by atoms with van der Waals surface area (Å²) in [5.74, 6) is 0.707. The highest BCUT2D eigenvalue weighted by molar-refractivity contribution is 7.89. The number of H-pyrrole nitrogens is 1. The molecule has 1 amide bonds. The van der Waals surface area contributed by atoms with Gasteiger partial charge in [0.15, 0.2) is 0 Å². The van der Waals surface area contributed by atoms with E-state index in [0.717, 1.165) is 6.42 Å². The van der Waals surface area contributed by atoms with Crippen LogP contribution in [0.2, 0.25) is 0 Å². The van der Waals surface area contributed by atoms with Crippen LogP contribution in [0, 0.1) is 11.8 Å². The van der Waals surface area contributed by atoms with Gasteiger partial charge in [0.25, 0.3) is 11.5 Å². The predicted octanol–water partition coefficient (Wildman–Crippen LogP) is 2.86. The minimum absolute atomic E-state index is 0.114. The maximum absolute atomic E-state index is 13.1. The molecule has 2 aromatic carbocycles. The van der Waals surface area contributed by atoms with Crippen LogP contribution in [0.1, 0.15) is 36.5 Å². The number of carbonyl (C=O) groups excluding carboxylic acids is 1. The Bertz CT molecular complexity index is 1320. The maximum Gasteiger partial charge on any atom is 0.258 e. The van der Waals surface area contributed by atoms with E-state index in [0.29, 0.717) is 47.2 Å². The Morgan fingerprint density at radius 1 is 1.09 bits per heavy atom. The van der Waals surface area contributed by atoms with Crippen LogP contribution in [0.5, 0.6) is 0 Å². The third-order valence-electron chi connectivity index (χ3n) is 5.97. The van der Waals surface area contributed by atoms with Crippen LogP contribution >= 0.6 is 0 Å². The minimum Gasteiger partial charge on any atom is -0.334 e. The summed E-state index contributed by atoms with van der Waals surface area (Å²) in [5, 5.41) is 0.490. The third kappa shape index (κ3) is 4.84. The summed E-state index contributed by atoms with van der Waals surface area (Å²) in [7, 11) is -2.00.